The van der Waals surface area contributed by atoms with Crippen molar-refractivity contribution in [3.8, 4) is 11.1 Å². The number of hydrogen-bond acceptors (Lipinski definition) is 3. The summed E-state index contributed by atoms with van der Waals surface area (Å²) in [6, 6.07) is 11.8. The Hall–Kier alpha value is -2.56. The topological polar surface area (TPSA) is 50.4 Å². The van der Waals surface area contributed by atoms with Crippen LogP contribution in [0.2, 0.25) is 0 Å². The molecular weight excluding hydrogens is 295 g/mol. The van der Waals surface area contributed by atoms with E-state index < -0.39 is 11.7 Å². The van der Waals surface area contributed by atoms with Crippen molar-refractivity contribution in [2.75, 3.05) is 17.7 Å². The first-order valence-electron chi connectivity index (χ1n) is 7.36. The summed E-state index contributed by atoms with van der Waals surface area (Å²) < 4.78 is 18.3. The molecule has 23 heavy (non-hydrogen) atoms. The van der Waals surface area contributed by atoms with Crippen LogP contribution in [-0.2, 0) is 4.74 Å². The van der Waals surface area contributed by atoms with E-state index in [1.54, 1.807) is 25.2 Å². The van der Waals surface area contributed by atoms with Crippen molar-refractivity contribution in [2.45, 2.75) is 26.4 Å². The first-order valence-corrected chi connectivity index (χ1v) is 7.36. The molecule has 0 heterocycles. The lowest BCUT2D eigenvalue weighted by Crippen LogP contribution is -2.27. The molecule has 1 amide bonds. The van der Waals surface area contributed by atoms with E-state index in [-0.39, 0.29) is 5.82 Å². The van der Waals surface area contributed by atoms with Crippen LogP contribution in [0.25, 0.3) is 11.1 Å². The lowest BCUT2D eigenvalue weighted by Gasteiger charge is -2.20. The monoisotopic (exact) mass is 316 g/mol. The first-order chi connectivity index (χ1) is 10.8. The normalized spacial score (nSPS) is 11.0. The molecule has 4 nitrogen and oxygen atoms in total. The quantitative estimate of drug-likeness (QED) is 0.848. The second kappa shape index (κ2) is 6.69. The predicted octanol–water partition coefficient (Wildman–Crippen LogP) is 4.88. The summed E-state index contributed by atoms with van der Waals surface area (Å²) in [5.74, 6) is -0.272. The number of benzene rings is 2. The van der Waals surface area contributed by atoms with Gasteiger partial charge in [-0.15, -0.1) is 0 Å². The van der Waals surface area contributed by atoms with Crippen molar-refractivity contribution in [1.82, 2.24) is 0 Å². The number of carbonyl (C=O) groups excluding carboxylic acids is 1. The Labute approximate surface area is 135 Å². The third-order valence-electron chi connectivity index (χ3n) is 3.10. The minimum Gasteiger partial charge on any atom is -0.444 e. The summed E-state index contributed by atoms with van der Waals surface area (Å²) in [5, 5.41) is 5.76. The summed E-state index contributed by atoms with van der Waals surface area (Å²) in [6.07, 6.45) is -0.511. The van der Waals surface area contributed by atoms with Gasteiger partial charge in [0.15, 0.2) is 0 Å². The van der Waals surface area contributed by atoms with Crippen LogP contribution < -0.4 is 10.6 Å². The van der Waals surface area contributed by atoms with Gasteiger partial charge in [0.25, 0.3) is 0 Å². The van der Waals surface area contributed by atoms with Crippen LogP contribution in [0.15, 0.2) is 42.5 Å². The molecule has 0 spiro atoms. The second-order valence-corrected chi connectivity index (χ2v) is 6.14. The number of amides is 1. The van der Waals surface area contributed by atoms with Gasteiger partial charge in [-0.2, -0.15) is 0 Å². The molecule has 0 saturated heterocycles. The van der Waals surface area contributed by atoms with Crippen LogP contribution >= 0.6 is 0 Å². The van der Waals surface area contributed by atoms with Gasteiger partial charge in [-0.05, 0) is 56.2 Å². The lowest BCUT2D eigenvalue weighted by atomic mass is 10.0. The highest BCUT2D eigenvalue weighted by Crippen LogP contribution is 2.29. The molecule has 2 N–H and O–H groups in total. The van der Waals surface area contributed by atoms with E-state index in [4.69, 9.17) is 4.74 Å². The maximum Gasteiger partial charge on any atom is 0.412 e. The van der Waals surface area contributed by atoms with E-state index in [1.807, 2.05) is 32.9 Å². The fourth-order valence-corrected chi connectivity index (χ4v) is 2.10. The Morgan fingerprint density at radius 2 is 1.61 bits per heavy atom. The van der Waals surface area contributed by atoms with Gasteiger partial charge in [0, 0.05) is 7.05 Å². The summed E-state index contributed by atoms with van der Waals surface area (Å²) in [6.45, 7) is 5.43. The molecule has 0 radical (unpaired) electrons. The van der Waals surface area contributed by atoms with E-state index in [0.29, 0.717) is 5.69 Å². The second-order valence-electron chi connectivity index (χ2n) is 6.14. The molecule has 0 aliphatic carbocycles. The van der Waals surface area contributed by atoms with E-state index in [2.05, 4.69) is 10.6 Å². The Morgan fingerprint density at radius 1 is 1.00 bits per heavy atom. The molecule has 0 atom stereocenters. The number of rotatable bonds is 3. The average Bonchev–Trinajstić information content (AvgIpc) is 2.46. The van der Waals surface area contributed by atoms with Crippen molar-refractivity contribution in [2.24, 2.45) is 0 Å². The van der Waals surface area contributed by atoms with E-state index in [0.717, 1.165) is 16.8 Å². The molecule has 0 unspecified atom stereocenters. The lowest BCUT2D eigenvalue weighted by molar-refractivity contribution is 0.0636. The number of carbonyl (C=O) groups is 1. The smallest absolute Gasteiger partial charge is 0.412 e. The van der Waals surface area contributed by atoms with Gasteiger partial charge >= 0.3 is 6.09 Å². The zero-order valence-corrected chi connectivity index (χ0v) is 13.7. The third-order valence-corrected chi connectivity index (χ3v) is 3.10. The van der Waals surface area contributed by atoms with Gasteiger partial charge in [-0.1, -0.05) is 18.2 Å². The van der Waals surface area contributed by atoms with Crippen molar-refractivity contribution in [1.29, 1.82) is 0 Å². The standard InChI is InChI=1S/C18H21FN2O2/c1-18(2,3)23-17(22)21-15-10-7-13(11-16(15)20-4)12-5-8-14(19)9-6-12/h5-11,20H,1-4H3,(H,21,22). The van der Waals surface area contributed by atoms with E-state index >= 15 is 0 Å². The van der Waals surface area contributed by atoms with Crippen LogP contribution in [0.1, 0.15) is 20.8 Å². The van der Waals surface area contributed by atoms with Crippen molar-refractivity contribution in [3.63, 3.8) is 0 Å². The van der Waals surface area contributed by atoms with E-state index in [1.165, 1.54) is 12.1 Å². The predicted molar refractivity (Wildman–Crippen MR) is 91.2 cm³/mol. The highest BCUT2D eigenvalue weighted by Gasteiger charge is 2.17. The highest BCUT2D eigenvalue weighted by molar-refractivity contribution is 5.91. The highest BCUT2D eigenvalue weighted by atomic mass is 19.1. The molecule has 0 bridgehead atoms. The van der Waals surface area contributed by atoms with Crippen molar-refractivity contribution in [3.05, 3.63) is 48.3 Å². The Kier molecular flexibility index (Phi) is 4.89. The Balaban J connectivity index is 2.23. The maximum absolute atomic E-state index is 13.0. The molecule has 0 aliphatic heterocycles. The van der Waals surface area contributed by atoms with Gasteiger partial charge < -0.3 is 10.1 Å². The van der Waals surface area contributed by atoms with Gasteiger partial charge in [-0.3, -0.25) is 5.32 Å². The van der Waals surface area contributed by atoms with Gasteiger partial charge in [0.05, 0.1) is 11.4 Å². The zero-order chi connectivity index (χ0) is 17.0. The summed E-state index contributed by atoms with van der Waals surface area (Å²) in [4.78, 5) is 11.9. The molecule has 2 rings (SSSR count). The van der Waals surface area contributed by atoms with Crippen LogP contribution in [0.3, 0.4) is 0 Å². The average molecular weight is 316 g/mol. The van der Waals surface area contributed by atoms with Gasteiger partial charge in [0.1, 0.15) is 11.4 Å². The number of halogens is 1. The zero-order valence-electron chi connectivity index (χ0n) is 13.7. The Bertz CT molecular complexity index is 691. The third kappa shape index (κ3) is 4.71. The molecule has 0 fully saturated rings. The minimum atomic E-state index is -0.558. The molecule has 0 aromatic heterocycles. The minimum absolute atomic E-state index is 0.272. The summed E-state index contributed by atoms with van der Waals surface area (Å²) in [7, 11) is 1.77. The fourth-order valence-electron chi connectivity index (χ4n) is 2.10. The SMILES string of the molecule is CNc1cc(-c2ccc(F)cc2)ccc1NC(=O)OC(C)(C)C. The maximum atomic E-state index is 13.0. The number of ether oxygens (including phenoxy) is 1. The molecule has 2 aromatic rings. The van der Waals surface area contributed by atoms with Crippen LogP contribution in [-0.4, -0.2) is 18.7 Å². The van der Waals surface area contributed by atoms with Gasteiger partial charge in [0.2, 0.25) is 0 Å². The van der Waals surface area contributed by atoms with Crippen molar-refractivity contribution < 1.29 is 13.9 Å². The molecular formula is C18H21FN2O2. The molecule has 0 saturated carbocycles. The number of anilines is 2. The molecule has 5 heteroatoms. The van der Waals surface area contributed by atoms with Crippen LogP contribution in [0, 0.1) is 5.82 Å². The first kappa shape index (κ1) is 16.8. The number of nitrogens with one attached hydrogen (secondary N) is 2. The van der Waals surface area contributed by atoms with Crippen molar-refractivity contribution >= 4 is 17.5 Å². The largest absolute Gasteiger partial charge is 0.444 e. The molecule has 0 aliphatic rings. The number of hydrogen-bond donors (Lipinski definition) is 2. The van der Waals surface area contributed by atoms with Crippen LogP contribution in [0.5, 0.6) is 0 Å². The molecule has 122 valence electrons. The summed E-state index contributed by atoms with van der Waals surface area (Å²) >= 11 is 0. The van der Waals surface area contributed by atoms with E-state index in [9.17, 15) is 9.18 Å². The van der Waals surface area contributed by atoms with Gasteiger partial charge in [-0.25, -0.2) is 9.18 Å². The fraction of sp³-hybridized carbons (Fsp3) is 0.278. The van der Waals surface area contributed by atoms with Crippen LogP contribution in [0.4, 0.5) is 20.6 Å². The molecule has 2 aromatic carbocycles. The summed E-state index contributed by atoms with van der Waals surface area (Å²) in [5.41, 5.74) is 2.62. The Morgan fingerprint density at radius 3 is 2.17 bits per heavy atom.